The number of phenols is 2. The van der Waals surface area contributed by atoms with Gasteiger partial charge in [0, 0.05) is 56.7 Å². The Balaban J connectivity index is 0.00000700. The molecule has 0 unspecified atom stereocenters. The number of azo groups is 3. The van der Waals surface area contributed by atoms with E-state index in [1.165, 1.54) is 61.7 Å². The second kappa shape index (κ2) is 19.9. The summed E-state index contributed by atoms with van der Waals surface area (Å²) in [6.07, 6.45) is 0. The van der Waals surface area contributed by atoms with E-state index in [4.69, 9.17) is 9.99 Å². The van der Waals surface area contributed by atoms with E-state index in [2.05, 4.69) is 45.4 Å². The molecule has 0 aliphatic heterocycles. The average molecular weight is 991 g/mol. The average Bonchev–Trinajstić information content (AvgIpc) is 3.26. The van der Waals surface area contributed by atoms with Gasteiger partial charge in [-0.3, -0.25) is 9.11 Å². The molecule has 0 saturated heterocycles. The van der Waals surface area contributed by atoms with Crippen molar-refractivity contribution >= 4 is 105 Å². The van der Waals surface area contributed by atoms with E-state index in [-0.39, 0.29) is 83.9 Å². The second-order valence-electron chi connectivity index (χ2n) is 13.1. The van der Waals surface area contributed by atoms with Gasteiger partial charge in [0.25, 0.3) is 20.2 Å². The van der Waals surface area contributed by atoms with E-state index in [1.54, 1.807) is 36.4 Å². The molecule has 7 aromatic rings. The Bertz CT molecular complexity index is 3300. The number of hydrogen-bond acceptors (Lipinski definition) is 19. The third-order valence-corrected chi connectivity index (χ3v) is 11.4. The molecule has 0 atom stereocenters. The molecule has 0 aliphatic carbocycles. The summed E-state index contributed by atoms with van der Waals surface area (Å²) < 4.78 is 77.4. The number of hydrogen-bond donors (Lipinski definition) is 7. The van der Waals surface area contributed by atoms with Crippen molar-refractivity contribution in [1.82, 2.24) is 0 Å². The summed E-state index contributed by atoms with van der Waals surface area (Å²) in [5.74, 6) is -1.93. The van der Waals surface area contributed by atoms with Crippen molar-refractivity contribution in [2.45, 2.75) is 14.7 Å². The Morgan fingerprint density at radius 3 is 1.95 bits per heavy atom. The minimum atomic E-state index is -4.71. The minimum absolute atomic E-state index is 0. The largest absolute Gasteiger partial charge is 0.506 e. The number of aromatic hydroxyl groups is 2. The Labute approximate surface area is 381 Å². The van der Waals surface area contributed by atoms with Crippen LogP contribution in [0, 0.1) is 0 Å². The van der Waals surface area contributed by atoms with Gasteiger partial charge in [-0.1, -0.05) is 29.3 Å². The third kappa shape index (κ3) is 10.9. The van der Waals surface area contributed by atoms with Crippen molar-refractivity contribution < 1.29 is 82.5 Å². The molecule has 0 amide bonds. The Hall–Kier alpha value is -6.90. The summed E-state index contributed by atoms with van der Waals surface area (Å²) >= 11 is 0.493. The number of benzene rings is 7. The number of carboxylic acids is 1. The van der Waals surface area contributed by atoms with Crippen LogP contribution in [0.25, 0.3) is 21.5 Å². The van der Waals surface area contributed by atoms with E-state index in [0.717, 1.165) is 24.3 Å². The van der Waals surface area contributed by atoms with Gasteiger partial charge in [0.15, 0.2) is 5.75 Å². The summed E-state index contributed by atoms with van der Waals surface area (Å²) in [4.78, 5) is 10.4. The van der Waals surface area contributed by atoms with Crippen LogP contribution in [0.15, 0.2) is 161 Å². The van der Waals surface area contributed by atoms with Gasteiger partial charge in [-0.25, -0.2) is 10.1 Å². The SMILES string of the molecule is COc1cc(N=Nc2c(SOOO)cc3ccc(Nc4ccc(C(=O)O)cc4)cc3c2O)c(O)cc1N=Nc1ccc(N=Nc2ccccc2S(=O)(=O)O)c2ccc(S(=O)(=O)O)cc12.[Cu]. The van der Waals surface area contributed by atoms with Crippen molar-refractivity contribution in [3.8, 4) is 17.2 Å². The molecular weight excluding hydrogens is 962 g/mol. The van der Waals surface area contributed by atoms with Crippen LogP contribution in [0.1, 0.15) is 10.4 Å². The van der Waals surface area contributed by atoms with Crippen molar-refractivity contribution in [3.63, 3.8) is 0 Å². The van der Waals surface area contributed by atoms with Crippen LogP contribution in [-0.2, 0) is 46.7 Å². The van der Waals surface area contributed by atoms with Crippen LogP contribution in [0.4, 0.5) is 45.5 Å². The number of ether oxygens (including phenoxy) is 1. The zero-order valence-corrected chi connectivity index (χ0v) is 36.0. The first-order chi connectivity index (χ1) is 30.5. The van der Waals surface area contributed by atoms with E-state index in [0.29, 0.717) is 34.2 Å². The number of carboxylic acid groups (broad SMARTS) is 1. The van der Waals surface area contributed by atoms with E-state index in [9.17, 15) is 46.1 Å². The molecular formula is C40H29CuN7O14S3. The number of rotatable bonds is 15. The van der Waals surface area contributed by atoms with Gasteiger partial charge in [-0.05, 0) is 84.2 Å². The number of carbonyl (C=O) groups is 1. The molecule has 65 heavy (non-hydrogen) atoms. The van der Waals surface area contributed by atoms with Gasteiger partial charge in [-0.2, -0.15) is 16.8 Å². The Morgan fingerprint density at radius 1 is 0.646 bits per heavy atom. The first-order valence-electron chi connectivity index (χ1n) is 17.9. The van der Waals surface area contributed by atoms with Crippen molar-refractivity contribution in [1.29, 1.82) is 0 Å². The van der Waals surface area contributed by atoms with Gasteiger partial charge >= 0.3 is 5.97 Å². The monoisotopic (exact) mass is 990 g/mol. The Morgan fingerprint density at radius 2 is 1.29 bits per heavy atom. The molecule has 0 bridgehead atoms. The summed E-state index contributed by atoms with van der Waals surface area (Å²) in [6, 6.07) is 26.6. The van der Waals surface area contributed by atoms with Gasteiger partial charge < -0.3 is 25.4 Å². The third-order valence-electron chi connectivity index (χ3n) is 9.08. The number of fused-ring (bicyclic) bond motifs is 2. The topological polar surface area (TPSA) is 321 Å². The maximum absolute atomic E-state index is 12.1. The van der Waals surface area contributed by atoms with E-state index >= 15 is 0 Å². The minimum Gasteiger partial charge on any atom is -0.506 e. The maximum atomic E-state index is 12.1. The van der Waals surface area contributed by atoms with Crippen LogP contribution >= 0.6 is 12.0 Å². The quantitative estimate of drug-likeness (QED) is 0.0125. The molecule has 1 radical (unpaired) electrons. The molecule has 337 valence electrons. The van der Waals surface area contributed by atoms with Crippen LogP contribution < -0.4 is 10.1 Å². The number of anilines is 2. The molecule has 7 N–H and O–H groups in total. The zero-order valence-electron chi connectivity index (χ0n) is 32.6. The Kier molecular flexibility index (Phi) is 14.5. The molecule has 0 heterocycles. The van der Waals surface area contributed by atoms with Crippen LogP contribution in [0.5, 0.6) is 17.2 Å². The molecule has 0 aromatic heterocycles. The molecule has 7 rings (SSSR count). The normalized spacial score (nSPS) is 12.1. The molecule has 0 fully saturated rings. The molecule has 25 heteroatoms. The van der Waals surface area contributed by atoms with E-state index in [1.807, 2.05) is 0 Å². The summed E-state index contributed by atoms with van der Waals surface area (Å²) in [7, 11) is -8.06. The predicted octanol–water partition coefficient (Wildman–Crippen LogP) is 11.0. The predicted molar refractivity (Wildman–Crippen MR) is 230 cm³/mol. The standard InChI is InChI=1S/C40H29N7O14S3.Cu/c1-59-35-20-32(45-47-38-36(62-61-60-52)16-22-8-11-24(17-27(22)39(38)49)41-23-9-6-21(7-10-23)40(50)51)34(48)19-33(35)46-43-30-15-14-29(26-13-12-25(18-28(26)30)63(53,54)55)42-44-31-4-2-3-5-37(31)64(56,57)58;/h2-20,41,48-49,52H,1H3,(H,50,51)(H,53,54,55)(H,56,57,58);. The van der Waals surface area contributed by atoms with Crippen molar-refractivity contribution in [2.24, 2.45) is 30.7 Å². The fourth-order valence-electron chi connectivity index (χ4n) is 6.07. The number of nitrogens with one attached hydrogen (secondary N) is 1. The van der Waals surface area contributed by atoms with Crippen molar-refractivity contribution in [3.05, 3.63) is 121 Å². The molecule has 0 saturated carbocycles. The van der Waals surface area contributed by atoms with Gasteiger partial charge in [0.1, 0.15) is 39.1 Å². The van der Waals surface area contributed by atoms with E-state index < -0.39 is 41.7 Å². The molecule has 21 nitrogen and oxygen atoms in total. The first-order valence-corrected chi connectivity index (χ1v) is 21.5. The number of phenolic OH excluding ortho intramolecular Hbond substituents is 2. The fourth-order valence-corrected chi connectivity index (χ4v) is 7.70. The van der Waals surface area contributed by atoms with Crippen LogP contribution in [0.3, 0.4) is 0 Å². The van der Waals surface area contributed by atoms with Gasteiger partial charge in [0.05, 0.1) is 45.9 Å². The van der Waals surface area contributed by atoms with Gasteiger partial charge in [0.2, 0.25) is 0 Å². The zero-order chi connectivity index (χ0) is 45.8. The van der Waals surface area contributed by atoms with Gasteiger partial charge in [-0.15, -0.1) is 35.0 Å². The fraction of sp³-hybridized carbons (Fsp3) is 0.0250. The molecule has 0 aliphatic rings. The number of aromatic carboxylic acids is 1. The molecule has 0 spiro atoms. The second-order valence-corrected chi connectivity index (χ2v) is 16.6. The number of nitrogens with zero attached hydrogens (tertiary/aromatic N) is 6. The van der Waals surface area contributed by atoms with Crippen LogP contribution in [-0.4, -0.2) is 59.6 Å². The maximum Gasteiger partial charge on any atom is 0.335 e. The summed E-state index contributed by atoms with van der Waals surface area (Å²) in [5, 5.41) is 73.4. The smallest absolute Gasteiger partial charge is 0.335 e. The van der Waals surface area contributed by atoms with Crippen LogP contribution in [0.2, 0.25) is 0 Å². The summed E-state index contributed by atoms with van der Waals surface area (Å²) in [6.45, 7) is 0. The first kappa shape index (κ1) is 47.6. The molecule has 7 aromatic carbocycles. The van der Waals surface area contributed by atoms with Crippen molar-refractivity contribution in [2.75, 3.05) is 12.4 Å². The summed E-state index contributed by atoms with van der Waals surface area (Å²) in [5.41, 5.74) is 0.785. The number of methoxy groups -OCH3 is 1.